The summed E-state index contributed by atoms with van der Waals surface area (Å²) < 4.78 is 34.1. The molecular weight excluding hydrogens is 416 g/mol. The molecule has 1 aromatic heterocycles. The van der Waals surface area contributed by atoms with Crippen molar-refractivity contribution in [3.05, 3.63) is 64.5 Å². The van der Waals surface area contributed by atoms with E-state index in [1.54, 1.807) is 12.1 Å². The second-order valence-electron chi connectivity index (χ2n) is 8.61. The summed E-state index contributed by atoms with van der Waals surface area (Å²) in [6, 6.07) is 10.1. The van der Waals surface area contributed by atoms with Gasteiger partial charge in [-0.1, -0.05) is 18.2 Å². The van der Waals surface area contributed by atoms with Crippen LogP contribution in [-0.4, -0.2) is 35.9 Å². The zero-order chi connectivity index (χ0) is 22.5. The quantitative estimate of drug-likeness (QED) is 0.578. The Balaban J connectivity index is 1.62. The minimum absolute atomic E-state index is 0.106. The first-order valence-corrected chi connectivity index (χ1v) is 10.8. The van der Waals surface area contributed by atoms with Gasteiger partial charge >= 0.3 is 5.97 Å². The highest BCUT2D eigenvalue weighted by Gasteiger charge is 2.57. The van der Waals surface area contributed by atoms with Gasteiger partial charge in [0, 0.05) is 24.5 Å². The zero-order valence-electron chi connectivity index (χ0n) is 17.7. The number of aromatic nitrogens is 2. The van der Waals surface area contributed by atoms with Gasteiger partial charge in [-0.3, -0.25) is 9.59 Å². The number of fused-ring (bicyclic) bond motifs is 1. The number of methoxy groups -OCH3 is 1. The Morgan fingerprint density at radius 2 is 1.91 bits per heavy atom. The predicted octanol–water partition coefficient (Wildman–Crippen LogP) is 3.83. The van der Waals surface area contributed by atoms with Gasteiger partial charge in [-0.2, -0.15) is 4.68 Å². The van der Waals surface area contributed by atoms with Crippen LogP contribution in [0.25, 0.3) is 16.5 Å². The number of anilines is 1. The summed E-state index contributed by atoms with van der Waals surface area (Å²) in [7, 11) is 1.42. The minimum atomic E-state index is -0.861. The van der Waals surface area contributed by atoms with Crippen molar-refractivity contribution >= 4 is 22.6 Å². The maximum atomic E-state index is 14.5. The fourth-order valence-corrected chi connectivity index (χ4v) is 4.96. The standard InChI is InChI=1S/C24H23F2N3O3/c1-32-23(31)24(10-11-24)15-5-4-12-28(14-15)21-17-6-2-3-7-18(17)22(30)29(27-21)20-9-8-16(25)13-19(20)26/h2-3,6-9,13,15H,4-5,10-12,14H2,1H3. The SMILES string of the molecule is COC(=O)C1(C2CCCN(c3nn(-c4ccc(F)cc4F)c(=O)c4ccccc34)C2)CC1. The van der Waals surface area contributed by atoms with Crippen LogP contribution in [0, 0.1) is 23.0 Å². The molecule has 8 heteroatoms. The van der Waals surface area contributed by atoms with E-state index in [4.69, 9.17) is 4.74 Å². The average molecular weight is 439 g/mol. The molecule has 0 N–H and O–H groups in total. The van der Waals surface area contributed by atoms with Crippen LogP contribution in [0.15, 0.2) is 47.3 Å². The second kappa shape index (κ2) is 7.69. The molecule has 6 nitrogen and oxygen atoms in total. The Morgan fingerprint density at radius 1 is 1.16 bits per heavy atom. The van der Waals surface area contributed by atoms with E-state index in [9.17, 15) is 18.4 Å². The Bertz CT molecular complexity index is 1270. The zero-order valence-corrected chi connectivity index (χ0v) is 17.7. The Hall–Kier alpha value is -3.29. The molecule has 1 aliphatic carbocycles. The van der Waals surface area contributed by atoms with Crippen molar-refractivity contribution < 1.29 is 18.3 Å². The number of carbonyl (C=O) groups excluding carboxylic acids is 1. The third-order valence-corrected chi connectivity index (χ3v) is 6.81. The van der Waals surface area contributed by atoms with Gasteiger partial charge in [-0.05, 0) is 49.8 Å². The van der Waals surface area contributed by atoms with Crippen LogP contribution in [0.3, 0.4) is 0 Å². The monoisotopic (exact) mass is 439 g/mol. The molecule has 166 valence electrons. The maximum Gasteiger partial charge on any atom is 0.312 e. The highest BCUT2D eigenvalue weighted by atomic mass is 19.1. The van der Waals surface area contributed by atoms with Gasteiger partial charge in [0.2, 0.25) is 0 Å². The molecule has 0 spiro atoms. The molecule has 2 fully saturated rings. The fraction of sp³-hybridized carbons (Fsp3) is 0.375. The van der Waals surface area contributed by atoms with Gasteiger partial charge < -0.3 is 9.64 Å². The average Bonchev–Trinajstić information content (AvgIpc) is 3.62. The summed E-state index contributed by atoms with van der Waals surface area (Å²) >= 11 is 0. The van der Waals surface area contributed by atoms with Gasteiger partial charge in [-0.25, -0.2) is 8.78 Å². The number of hydrogen-bond acceptors (Lipinski definition) is 5. The lowest BCUT2D eigenvalue weighted by atomic mass is 9.82. The van der Waals surface area contributed by atoms with Gasteiger partial charge in [0.05, 0.1) is 17.9 Å². The molecule has 1 saturated heterocycles. The van der Waals surface area contributed by atoms with E-state index in [1.807, 2.05) is 12.1 Å². The molecule has 1 saturated carbocycles. The van der Waals surface area contributed by atoms with Crippen molar-refractivity contribution in [2.75, 3.05) is 25.1 Å². The van der Waals surface area contributed by atoms with Crippen LogP contribution in [0.1, 0.15) is 25.7 Å². The molecule has 0 radical (unpaired) electrons. The van der Waals surface area contributed by atoms with Gasteiger partial charge in [0.25, 0.3) is 5.56 Å². The van der Waals surface area contributed by atoms with E-state index >= 15 is 0 Å². The van der Waals surface area contributed by atoms with Gasteiger partial charge in [0.15, 0.2) is 11.6 Å². The first-order chi connectivity index (χ1) is 15.4. The van der Waals surface area contributed by atoms with Crippen molar-refractivity contribution in [1.82, 2.24) is 9.78 Å². The number of hydrogen-bond donors (Lipinski definition) is 0. The number of carbonyl (C=O) groups is 1. The fourth-order valence-electron chi connectivity index (χ4n) is 4.96. The molecule has 32 heavy (non-hydrogen) atoms. The summed E-state index contributed by atoms with van der Waals surface area (Å²) in [5, 5.41) is 5.61. The maximum absolute atomic E-state index is 14.5. The van der Waals surface area contributed by atoms with E-state index in [2.05, 4.69) is 10.00 Å². The first kappa shape index (κ1) is 20.6. The smallest absolute Gasteiger partial charge is 0.312 e. The number of ether oxygens (including phenoxy) is 1. The summed E-state index contributed by atoms with van der Waals surface area (Å²) in [4.78, 5) is 27.6. The van der Waals surface area contributed by atoms with Crippen LogP contribution in [0.5, 0.6) is 0 Å². The topological polar surface area (TPSA) is 64.4 Å². The molecular formula is C24H23F2N3O3. The lowest BCUT2D eigenvalue weighted by Gasteiger charge is -2.37. The molecule has 0 amide bonds. The lowest BCUT2D eigenvalue weighted by Crippen LogP contribution is -2.43. The van der Waals surface area contributed by atoms with Crippen molar-refractivity contribution in [3.8, 4) is 5.69 Å². The lowest BCUT2D eigenvalue weighted by molar-refractivity contribution is -0.149. The molecule has 1 unspecified atom stereocenters. The predicted molar refractivity (Wildman–Crippen MR) is 116 cm³/mol. The number of piperidine rings is 1. The van der Waals surface area contributed by atoms with Crippen molar-refractivity contribution in [3.63, 3.8) is 0 Å². The number of rotatable bonds is 4. The van der Waals surface area contributed by atoms with Crippen LogP contribution in [-0.2, 0) is 9.53 Å². The third kappa shape index (κ3) is 3.25. The number of benzene rings is 2. The van der Waals surface area contributed by atoms with Crippen molar-refractivity contribution in [2.24, 2.45) is 11.3 Å². The largest absolute Gasteiger partial charge is 0.469 e. The molecule has 5 rings (SSSR count). The molecule has 1 aliphatic heterocycles. The normalized spacial score (nSPS) is 19.7. The van der Waals surface area contributed by atoms with Gasteiger partial charge in [0.1, 0.15) is 11.5 Å². The first-order valence-electron chi connectivity index (χ1n) is 10.8. The number of halogens is 2. The molecule has 2 aliphatic rings. The summed E-state index contributed by atoms with van der Waals surface area (Å²) in [6.45, 7) is 1.30. The van der Waals surface area contributed by atoms with E-state index in [1.165, 1.54) is 13.2 Å². The Morgan fingerprint density at radius 3 is 2.59 bits per heavy atom. The molecule has 0 bridgehead atoms. The van der Waals surface area contributed by atoms with Crippen molar-refractivity contribution in [2.45, 2.75) is 25.7 Å². The summed E-state index contributed by atoms with van der Waals surface area (Å²) in [5.41, 5.74) is -1.03. The van der Waals surface area contributed by atoms with E-state index in [0.29, 0.717) is 29.7 Å². The molecule has 2 heterocycles. The molecule has 1 atom stereocenters. The van der Waals surface area contributed by atoms with Gasteiger partial charge in [-0.15, -0.1) is 5.10 Å². The number of esters is 1. The van der Waals surface area contributed by atoms with Crippen LogP contribution in [0.4, 0.5) is 14.6 Å². The highest BCUT2D eigenvalue weighted by molar-refractivity contribution is 5.91. The van der Waals surface area contributed by atoms with E-state index < -0.39 is 22.6 Å². The third-order valence-electron chi connectivity index (χ3n) is 6.81. The highest BCUT2D eigenvalue weighted by Crippen LogP contribution is 2.55. The van der Waals surface area contributed by atoms with E-state index in [0.717, 1.165) is 42.5 Å². The van der Waals surface area contributed by atoms with Crippen LogP contribution >= 0.6 is 0 Å². The second-order valence-corrected chi connectivity index (χ2v) is 8.61. The molecule has 2 aromatic carbocycles. The number of nitrogens with zero attached hydrogens (tertiary/aromatic N) is 3. The Kier molecular flexibility index (Phi) is 4.95. The van der Waals surface area contributed by atoms with Crippen LogP contribution in [0.2, 0.25) is 0 Å². The summed E-state index contributed by atoms with van der Waals surface area (Å²) in [5.74, 6) is -1.08. The van der Waals surface area contributed by atoms with Crippen LogP contribution < -0.4 is 10.5 Å². The van der Waals surface area contributed by atoms with Crippen molar-refractivity contribution in [1.29, 1.82) is 0 Å². The Labute approximate surface area is 183 Å². The molecule has 3 aromatic rings. The minimum Gasteiger partial charge on any atom is -0.469 e. The summed E-state index contributed by atoms with van der Waals surface area (Å²) in [6.07, 6.45) is 3.40. The van der Waals surface area contributed by atoms with E-state index in [-0.39, 0.29) is 17.6 Å².